The molecule has 3 aliphatic rings. The van der Waals surface area contributed by atoms with E-state index in [1.165, 1.54) is 18.2 Å². The average Bonchev–Trinajstić information content (AvgIpc) is 2.30. The van der Waals surface area contributed by atoms with Gasteiger partial charge in [-0.2, -0.15) is 0 Å². The van der Waals surface area contributed by atoms with Gasteiger partial charge in [0.2, 0.25) is 0 Å². The molecule has 3 nitrogen and oxygen atoms in total. The monoisotopic (exact) mass is 259 g/mol. The molecule has 3 fully saturated rings. The molecule has 3 saturated carbocycles. The quantitative estimate of drug-likeness (QED) is 0.843. The van der Waals surface area contributed by atoms with Gasteiger partial charge in [-0.3, -0.25) is 4.79 Å². The first kappa shape index (κ1) is 12.7. The van der Waals surface area contributed by atoms with Crippen molar-refractivity contribution < 1.29 is 9.53 Å². The Morgan fingerprint density at radius 2 is 2.11 bits per heavy atom. The smallest absolute Gasteiger partial charge is 0.323 e. The van der Waals surface area contributed by atoms with Gasteiger partial charge in [-0.1, -0.05) is 29.8 Å². The van der Waals surface area contributed by atoms with Crippen molar-refractivity contribution in [3.8, 4) is 0 Å². The lowest BCUT2D eigenvalue weighted by Crippen LogP contribution is -2.71. The topological polar surface area (TPSA) is 52.3 Å². The second-order valence-corrected chi connectivity index (χ2v) is 6.56. The van der Waals surface area contributed by atoms with E-state index in [0.717, 1.165) is 25.7 Å². The third-order valence-corrected chi connectivity index (χ3v) is 4.96. The van der Waals surface area contributed by atoms with Gasteiger partial charge in [-0.25, -0.2) is 0 Å². The number of hydrogen-bond acceptors (Lipinski definition) is 3. The molecule has 1 aromatic rings. The zero-order chi connectivity index (χ0) is 13.7. The van der Waals surface area contributed by atoms with E-state index in [0.29, 0.717) is 5.41 Å². The highest BCUT2D eigenvalue weighted by Crippen LogP contribution is 2.75. The summed E-state index contributed by atoms with van der Waals surface area (Å²) in [6.45, 7) is 2.13. The van der Waals surface area contributed by atoms with Gasteiger partial charge >= 0.3 is 5.97 Å². The molecule has 1 aromatic carbocycles. The highest BCUT2D eigenvalue weighted by Gasteiger charge is 2.70. The molecule has 0 spiro atoms. The number of methoxy groups -OCH3 is 1. The summed E-state index contributed by atoms with van der Waals surface area (Å²) >= 11 is 0. The zero-order valence-corrected chi connectivity index (χ0v) is 11.6. The van der Waals surface area contributed by atoms with E-state index >= 15 is 0 Å². The van der Waals surface area contributed by atoms with Crippen LogP contribution in [0.4, 0.5) is 0 Å². The summed E-state index contributed by atoms with van der Waals surface area (Å²) in [4.78, 5) is 11.5. The Bertz CT molecular complexity index is 503. The Balaban J connectivity index is 1.63. The van der Waals surface area contributed by atoms with Crippen LogP contribution in [-0.4, -0.2) is 19.1 Å². The number of benzene rings is 1. The second kappa shape index (κ2) is 4.07. The predicted molar refractivity (Wildman–Crippen MR) is 73.6 cm³/mol. The van der Waals surface area contributed by atoms with Crippen LogP contribution in [0.25, 0.3) is 0 Å². The number of ether oxygens (including phenoxy) is 1. The number of hydrogen-bond donors (Lipinski definition) is 1. The fourth-order valence-corrected chi connectivity index (χ4v) is 4.23. The van der Waals surface area contributed by atoms with Crippen molar-refractivity contribution in [2.75, 3.05) is 7.11 Å². The molecule has 0 aromatic heterocycles. The minimum atomic E-state index is -0.433. The Kier molecular flexibility index (Phi) is 2.72. The van der Waals surface area contributed by atoms with E-state index in [2.05, 4.69) is 31.2 Å². The van der Waals surface area contributed by atoms with Gasteiger partial charge < -0.3 is 10.5 Å². The molecule has 0 saturated heterocycles. The summed E-state index contributed by atoms with van der Waals surface area (Å²) in [5.41, 5.74) is 9.16. The third-order valence-electron chi connectivity index (χ3n) is 4.96. The van der Waals surface area contributed by atoms with Crippen LogP contribution < -0.4 is 5.73 Å². The van der Waals surface area contributed by atoms with Crippen molar-refractivity contribution in [1.29, 1.82) is 0 Å². The molecule has 19 heavy (non-hydrogen) atoms. The molecule has 4 rings (SSSR count). The summed E-state index contributed by atoms with van der Waals surface area (Å²) < 4.78 is 4.76. The van der Waals surface area contributed by atoms with Crippen LogP contribution in [0.1, 0.15) is 30.4 Å². The normalized spacial score (nSPS) is 33.0. The van der Waals surface area contributed by atoms with Crippen molar-refractivity contribution in [2.24, 2.45) is 16.6 Å². The van der Waals surface area contributed by atoms with E-state index in [9.17, 15) is 4.79 Å². The molecule has 3 heteroatoms. The molecular formula is C16H21NO2. The lowest BCUT2D eigenvalue weighted by Gasteiger charge is -2.72. The van der Waals surface area contributed by atoms with E-state index < -0.39 is 6.04 Å². The molecule has 1 atom stereocenters. The van der Waals surface area contributed by atoms with E-state index in [4.69, 9.17) is 10.5 Å². The number of carbonyl (C=O) groups is 1. The molecule has 2 bridgehead atoms. The third kappa shape index (κ3) is 1.88. The lowest BCUT2D eigenvalue weighted by molar-refractivity contribution is -0.220. The molecule has 102 valence electrons. The lowest BCUT2D eigenvalue weighted by atomic mass is 9.32. The first-order valence-electron chi connectivity index (χ1n) is 6.88. The Morgan fingerprint density at radius 1 is 1.42 bits per heavy atom. The van der Waals surface area contributed by atoms with Gasteiger partial charge in [-0.05, 0) is 49.0 Å². The van der Waals surface area contributed by atoms with E-state index in [1.807, 2.05) is 0 Å². The van der Waals surface area contributed by atoms with Gasteiger partial charge in [-0.15, -0.1) is 0 Å². The summed E-state index contributed by atoms with van der Waals surface area (Å²) in [6.07, 6.45) is 4.34. The molecule has 3 aliphatic carbocycles. The van der Waals surface area contributed by atoms with Crippen LogP contribution in [-0.2, 0) is 16.0 Å². The van der Waals surface area contributed by atoms with Crippen LogP contribution in [0.3, 0.4) is 0 Å². The van der Waals surface area contributed by atoms with Crippen molar-refractivity contribution in [1.82, 2.24) is 0 Å². The van der Waals surface area contributed by atoms with Crippen LogP contribution >= 0.6 is 0 Å². The Morgan fingerprint density at radius 3 is 2.68 bits per heavy atom. The van der Waals surface area contributed by atoms with Gasteiger partial charge in [0.25, 0.3) is 0 Å². The van der Waals surface area contributed by atoms with Crippen LogP contribution in [0.5, 0.6) is 0 Å². The summed E-state index contributed by atoms with van der Waals surface area (Å²) in [7, 11) is 1.41. The van der Waals surface area contributed by atoms with Crippen LogP contribution in [0.15, 0.2) is 24.3 Å². The number of rotatable bonds is 4. The maximum absolute atomic E-state index is 11.5. The largest absolute Gasteiger partial charge is 0.468 e. The Labute approximate surface area is 114 Å². The molecule has 0 radical (unpaired) electrons. The molecule has 0 heterocycles. The predicted octanol–water partition coefficient (Wildman–Crippen LogP) is 2.21. The zero-order valence-electron chi connectivity index (χ0n) is 11.6. The molecule has 1 unspecified atom stereocenters. The van der Waals surface area contributed by atoms with Crippen molar-refractivity contribution in [3.05, 3.63) is 35.4 Å². The summed E-state index contributed by atoms with van der Waals surface area (Å²) in [5, 5.41) is 0. The minimum absolute atomic E-state index is 0.0386. The maximum Gasteiger partial charge on any atom is 0.323 e. The fourth-order valence-electron chi connectivity index (χ4n) is 4.23. The van der Waals surface area contributed by atoms with Crippen molar-refractivity contribution in [2.45, 2.75) is 38.6 Å². The maximum atomic E-state index is 11.5. The van der Waals surface area contributed by atoms with Crippen LogP contribution in [0.2, 0.25) is 0 Å². The van der Waals surface area contributed by atoms with Gasteiger partial charge in [0.15, 0.2) is 0 Å². The number of nitrogens with two attached hydrogens (primary N) is 1. The highest BCUT2D eigenvalue weighted by molar-refractivity contribution is 5.77. The molecular weight excluding hydrogens is 238 g/mol. The van der Waals surface area contributed by atoms with Gasteiger partial charge in [0.05, 0.1) is 7.11 Å². The van der Waals surface area contributed by atoms with E-state index in [-0.39, 0.29) is 11.4 Å². The van der Waals surface area contributed by atoms with Gasteiger partial charge in [0.1, 0.15) is 6.04 Å². The molecule has 2 N–H and O–H groups in total. The van der Waals surface area contributed by atoms with Crippen molar-refractivity contribution >= 4 is 5.97 Å². The molecule has 0 amide bonds. The first-order valence-corrected chi connectivity index (χ1v) is 6.88. The van der Waals surface area contributed by atoms with Crippen LogP contribution in [0, 0.1) is 17.8 Å². The minimum Gasteiger partial charge on any atom is -0.468 e. The standard InChI is InChI=1S/C16H21NO2/c1-11-4-3-5-12(6-11)7-15-8-16(9-15,10-15)13(17)14(18)19-2/h3-6,13H,7-10,17H2,1-2H3. The number of aryl methyl sites for hydroxylation is 1. The SMILES string of the molecule is COC(=O)C(N)C12CC(Cc3cccc(C)c3)(C1)C2. The summed E-state index contributed by atoms with van der Waals surface area (Å²) in [6, 6.07) is 8.26. The number of esters is 1. The first-order chi connectivity index (χ1) is 8.99. The average molecular weight is 259 g/mol. The molecule has 0 aliphatic heterocycles. The second-order valence-electron chi connectivity index (χ2n) is 6.56. The van der Waals surface area contributed by atoms with Gasteiger partial charge in [0, 0.05) is 0 Å². The highest BCUT2D eigenvalue weighted by atomic mass is 16.5. The fraction of sp³-hybridized carbons (Fsp3) is 0.562. The van der Waals surface area contributed by atoms with Crippen molar-refractivity contribution in [3.63, 3.8) is 0 Å². The Hall–Kier alpha value is -1.35. The summed E-state index contributed by atoms with van der Waals surface area (Å²) in [5.74, 6) is -0.260. The van der Waals surface area contributed by atoms with E-state index in [1.54, 1.807) is 0 Å². The number of carbonyl (C=O) groups excluding carboxylic acids is 1.